The molecule has 0 N–H and O–H groups in total. The van der Waals surface area contributed by atoms with Gasteiger partial charge in [-0.05, 0) is 36.4 Å². The molecule has 0 saturated heterocycles. The second-order valence-corrected chi connectivity index (χ2v) is 17.0. The Labute approximate surface area is 366 Å². The predicted molar refractivity (Wildman–Crippen MR) is 263 cm³/mol. The topological polar surface area (TPSA) is 48.5 Å². The third kappa shape index (κ3) is 5.52. The molecule has 5 nitrogen and oxygen atoms in total. The summed E-state index contributed by atoms with van der Waals surface area (Å²) in [5.74, 6) is 1.95. The summed E-state index contributed by atoms with van der Waals surface area (Å²) in [6.07, 6.45) is 0. The summed E-state index contributed by atoms with van der Waals surface area (Å²) in [6.45, 7) is 0. The van der Waals surface area contributed by atoms with Crippen molar-refractivity contribution < 1.29 is 0 Å². The molecule has 0 fully saturated rings. The molecular formula is C57H35N5S. The van der Waals surface area contributed by atoms with Crippen LogP contribution in [-0.4, -0.2) is 24.1 Å². The number of hydrogen-bond donors (Lipinski definition) is 0. The Bertz CT molecular complexity index is 3830. The summed E-state index contributed by atoms with van der Waals surface area (Å²) in [7, 11) is 0. The van der Waals surface area contributed by atoms with E-state index in [9.17, 15) is 0 Å². The van der Waals surface area contributed by atoms with Gasteiger partial charge in [0.15, 0.2) is 17.5 Å². The first-order valence-corrected chi connectivity index (χ1v) is 22.0. The number of rotatable bonds is 6. The molecule has 294 valence electrons. The lowest BCUT2D eigenvalue weighted by Gasteiger charge is -2.15. The molecule has 4 heterocycles. The van der Waals surface area contributed by atoms with Crippen LogP contribution in [-0.2, 0) is 0 Å². The fourth-order valence-corrected chi connectivity index (χ4v) is 10.9. The number of benzene rings is 9. The van der Waals surface area contributed by atoms with Gasteiger partial charge in [0.2, 0.25) is 0 Å². The van der Waals surface area contributed by atoms with Crippen molar-refractivity contribution in [2.75, 3.05) is 0 Å². The number of nitrogens with zero attached hydrogens (tertiary/aromatic N) is 5. The maximum absolute atomic E-state index is 5.19. The maximum atomic E-state index is 5.19. The third-order valence-corrected chi connectivity index (χ3v) is 13.5. The van der Waals surface area contributed by atoms with E-state index in [1.807, 2.05) is 47.7 Å². The van der Waals surface area contributed by atoms with Crippen LogP contribution in [0.2, 0.25) is 0 Å². The minimum Gasteiger partial charge on any atom is -0.309 e. The molecule has 0 saturated carbocycles. The van der Waals surface area contributed by atoms with Crippen molar-refractivity contribution in [3.63, 3.8) is 0 Å². The van der Waals surface area contributed by atoms with E-state index >= 15 is 0 Å². The van der Waals surface area contributed by atoms with Gasteiger partial charge in [0.25, 0.3) is 0 Å². The molecule has 6 heteroatoms. The van der Waals surface area contributed by atoms with E-state index in [-0.39, 0.29) is 0 Å². The fourth-order valence-electron chi connectivity index (χ4n) is 9.68. The normalized spacial score (nSPS) is 11.8. The minimum atomic E-state index is 0.649. The van der Waals surface area contributed by atoms with Crippen molar-refractivity contribution in [1.29, 1.82) is 0 Å². The van der Waals surface area contributed by atoms with Gasteiger partial charge in [-0.3, -0.25) is 0 Å². The summed E-state index contributed by atoms with van der Waals surface area (Å²) >= 11 is 1.84. The Balaban J connectivity index is 1.12. The van der Waals surface area contributed by atoms with Crippen LogP contribution in [0.1, 0.15) is 0 Å². The molecule has 0 aliphatic carbocycles. The van der Waals surface area contributed by atoms with Crippen LogP contribution < -0.4 is 0 Å². The molecular weight excluding hydrogens is 787 g/mol. The van der Waals surface area contributed by atoms with Gasteiger partial charge in [-0.25, -0.2) is 15.0 Å². The molecule has 0 bridgehead atoms. The lowest BCUT2D eigenvalue weighted by Crippen LogP contribution is -2.00. The minimum absolute atomic E-state index is 0.649. The van der Waals surface area contributed by atoms with E-state index in [2.05, 4.69) is 185 Å². The van der Waals surface area contributed by atoms with Crippen molar-refractivity contribution in [2.45, 2.75) is 0 Å². The molecule has 13 aromatic rings. The smallest absolute Gasteiger partial charge is 0.164 e. The Morgan fingerprint density at radius 3 is 1.43 bits per heavy atom. The van der Waals surface area contributed by atoms with Crippen molar-refractivity contribution >= 4 is 75.1 Å². The standard InChI is InChI=1S/C57H35N5S/c1-5-18-36(19-6-1)55-58-56(37-20-7-2-8-21-37)60-57(59-55)47-31-17-33-49-50(47)46-35-34-45-44-30-16-29-43(52(44)62(53(45)54(46)63-49)39-24-11-4-12-25-39)42-28-15-27-41-40-26-13-14-32-48(40)61(51(41)42)38-22-9-3-10-23-38/h1-35H. The Hall–Kier alpha value is -8.19. The molecule has 63 heavy (non-hydrogen) atoms. The zero-order valence-electron chi connectivity index (χ0n) is 33.9. The van der Waals surface area contributed by atoms with Gasteiger partial charge in [0.05, 0.1) is 26.8 Å². The molecule has 0 spiro atoms. The van der Waals surface area contributed by atoms with Gasteiger partial charge in [0.1, 0.15) is 0 Å². The van der Waals surface area contributed by atoms with E-state index in [0.717, 1.165) is 33.5 Å². The number of fused-ring (bicyclic) bond motifs is 10. The van der Waals surface area contributed by atoms with Gasteiger partial charge in [-0.1, -0.05) is 176 Å². The molecule has 9 aromatic carbocycles. The second kappa shape index (κ2) is 14.2. The van der Waals surface area contributed by atoms with E-state index < -0.39 is 0 Å². The van der Waals surface area contributed by atoms with Crippen LogP contribution in [0.25, 0.3) is 120 Å². The number of hydrogen-bond acceptors (Lipinski definition) is 4. The SMILES string of the molecule is c1ccc(-c2nc(-c3ccccc3)nc(-c3cccc4sc5c(ccc6c7cccc(-c8cccc9c%10ccccc%10n(-c%10ccccc%10)c89)c7n(-c7ccccc7)c65)c34)n2)cc1. The van der Waals surface area contributed by atoms with Crippen molar-refractivity contribution in [2.24, 2.45) is 0 Å². The van der Waals surface area contributed by atoms with Gasteiger partial charge >= 0.3 is 0 Å². The van der Waals surface area contributed by atoms with Crippen LogP contribution in [0, 0.1) is 0 Å². The van der Waals surface area contributed by atoms with E-state index in [1.165, 1.54) is 69.5 Å². The largest absolute Gasteiger partial charge is 0.309 e. The fraction of sp³-hybridized carbons (Fsp3) is 0. The Morgan fingerprint density at radius 2 is 0.778 bits per heavy atom. The first kappa shape index (κ1) is 35.6. The Morgan fingerprint density at radius 1 is 0.317 bits per heavy atom. The lowest BCUT2D eigenvalue weighted by molar-refractivity contribution is 1.08. The highest BCUT2D eigenvalue weighted by atomic mass is 32.1. The average molecular weight is 822 g/mol. The second-order valence-electron chi connectivity index (χ2n) is 15.9. The number of thiophene rings is 1. The summed E-state index contributed by atoms with van der Waals surface area (Å²) in [5, 5.41) is 7.21. The summed E-state index contributed by atoms with van der Waals surface area (Å²) < 4.78 is 7.35. The molecule has 13 rings (SSSR count). The molecule has 0 aliphatic rings. The van der Waals surface area contributed by atoms with E-state index in [4.69, 9.17) is 15.0 Å². The molecule has 0 amide bonds. The number of para-hydroxylation sites is 5. The van der Waals surface area contributed by atoms with Crippen molar-refractivity contribution in [1.82, 2.24) is 24.1 Å². The zero-order chi connectivity index (χ0) is 41.4. The molecule has 0 unspecified atom stereocenters. The summed E-state index contributed by atoms with van der Waals surface area (Å²) in [4.78, 5) is 15.4. The molecule has 0 radical (unpaired) electrons. The monoisotopic (exact) mass is 821 g/mol. The molecule has 4 aromatic heterocycles. The summed E-state index contributed by atoms with van der Waals surface area (Å²) in [6, 6.07) is 75.5. The zero-order valence-corrected chi connectivity index (χ0v) is 34.7. The predicted octanol–water partition coefficient (Wildman–Crippen LogP) is 15.1. The number of aromatic nitrogens is 5. The molecule has 0 aliphatic heterocycles. The van der Waals surface area contributed by atoms with Gasteiger partial charge in [0, 0.05) is 76.2 Å². The summed E-state index contributed by atoms with van der Waals surface area (Å²) in [5.41, 5.74) is 12.3. The highest BCUT2D eigenvalue weighted by Gasteiger charge is 2.24. The maximum Gasteiger partial charge on any atom is 0.164 e. The first-order chi connectivity index (χ1) is 31.3. The molecule has 0 atom stereocenters. The van der Waals surface area contributed by atoms with E-state index in [0.29, 0.717) is 17.5 Å². The van der Waals surface area contributed by atoms with Gasteiger partial charge in [-0.15, -0.1) is 11.3 Å². The first-order valence-electron chi connectivity index (χ1n) is 21.2. The van der Waals surface area contributed by atoms with Crippen LogP contribution in [0.3, 0.4) is 0 Å². The van der Waals surface area contributed by atoms with Gasteiger partial charge in [-0.2, -0.15) is 0 Å². The third-order valence-electron chi connectivity index (χ3n) is 12.4. The van der Waals surface area contributed by atoms with Crippen LogP contribution in [0.5, 0.6) is 0 Å². The van der Waals surface area contributed by atoms with Crippen molar-refractivity contribution in [3.8, 4) is 56.7 Å². The van der Waals surface area contributed by atoms with Gasteiger partial charge < -0.3 is 9.13 Å². The quantitative estimate of drug-likeness (QED) is 0.168. The highest BCUT2D eigenvalue weighted by Crippen LogP contribution is 2.48. The highest BCUT2D eigenvalue weighted by molar-refractivity contribution is 7.26. The van der Waals surface area contributed by atoms with Crippen molar-refractivity contribution in [3.05, 3.63) is 212 Å². The van der Waals surface area contributed by atoms with Crippen LogP contribution in [0.4, 0.5) is 0 Å². The lowest BCUT2D eigenvalue weighted by atomic mass is 9.99. The Kier molecular flexibility index (Phi) is 8.01. The van der Waals surface area contributed by atoms with E-state index in [1.54, 1.807) is 0 Å². The van der Waals surface area contributed by atoms with Crippen LogP contribution in [0.15, 0.2) is 212 Å². The van der Waals surface area contributed by atoms with Crippen LogP contribution >= 0.6 is 11.3 Å². The average Bonchev–Trinajstić information content (AvgIpc) is 4.03.